The van der Waals surface area contributed by atoms with Crippen LogP contribution in [0.4, 0.5) is 32.0 Å². The highest BCUT2D eigenvalue weighted by molar-refractivity contribution is 7.92. The van der Waals surface area contributed by atoms with Crippen LogP contribution in [0.2, 0.25) is 5.02 Å². The maximum absolute atomic E-state index is 15.3. The first kappa shape index (κ1) is 27.6. The molecule has 0 aromatic heterocycles. The molecule has 0 fully saturated rings. The molecule has 6 nitrogen and oxygen atoms in total. The number of fused-ring (bicyclic) bond motifs is 1. The first-order valence-electron chi connectivity index (χ1n) is 10.8. The van der Waals surface area contributed by atoms with Gasteiger partial charge >= 0.3 is 12.1 Å². The molecular weight excluding hydrogens is 564 g/mol. The second kappa shape index (κ2) is 10.0. The molecule has 0 aliphatic carbocycles. The molecule has 0 bridgehead atoms. The molecule has 3 aromatic rings. The zero-order chi connectivity index (χ0) is 28.0. The Morgan fingerprint density at radius 1 is 1.08 bits per heavy atom. The molecule has 0 unspecified atom stereocenters. The molecule has 0 amide bonds. The summed E-state index contributed by atoms with van der Waals surface area (Å²) in [5.74, 6) is -5.29. The topological polar surface area (TPSA) is 83.9 Å². The summed E-state index contributed by atoms with van der Waals surface area (Å²) in [4.78, 5) is 10.3. The van der Waals surface area contributed by atoms with Crippen molar-refractivity contribution in [2.24, 2.45) is 0 Å². The third-order valence-electron chi connectivity index (χ3n) is 5.68. The van der Waals surface area contributed by atoms with Crippen LogP contribution in [0, 0.1) is 17.5 Å². The number of sulfonamides is 1. The molecule has 1 heterocycles. The Hall–Kier alpha value is -3.45. The van der Waals surface area contributed by atoms with E-state index in [1.54, 1.807) is 0 Å². The largest absolute Gasteiger partial charge is 0.483 e. The second-order valence-electron chi connectivity index (χ2n) is 8.29. The number of benzene rings is 3. The minimum absolute atomic E-state index is 0.249. The van der Waals surface area contributed by atoms with Crippen LogP contribution in [0.3, 0.4) is 0 Å². The quantitative estimate of drug-likeness (QED) is 0.275. The van der Waals surface area contributed by atoms with Crippen LogP contribution in [-0.4, -0.2) is 32.1 Å². The number of aliphatic carboxylic acids is 1. The minimum Gasteiger partial charge on any atom is -0.483 e. The van der Waals surface area contributed by atoms with Crippen molar-refractivity contribution < 1.29 is 49.4 Å². The van der Waals surface area contributed by atoms with E-state index in [2.05, 4.69) is 0 Å². The summed E-state index contributed by atoms with van der Waals surface area (Å²) in [7, 11) is -4.81. The SMILES string of the molecule is O=C(O)CC[C@H]1CN(S(=O)(=O)c2cccc(C(F)(F)F)c2)c2cc(-c3cc(F)cc(F)c3Cl)cc(F)c2O1. The number of rotatable bonds is 6. The Balaban J connectivity index is 1.90. The Kier molecular flexibility index (Phi) is 7.28. The smallest absolute Gasteiger partial charge is 0.416 e. The summed E-state index contributed by atoms with van der Waals surface area (Å²) in [6, 6.07) is 5.93. The Morgan fingerprint density at radius 2 is 1.79 bits per heavy atom. The molecule has 1 aliphatic rings. The fourth-order valence-corrected chi connectivity index (χ4v) is 5.67. The first-order valence-corrected chi connectivity index (χ1v) is 12.6. The lowest BCUT2D eigenvalue weighted by Gasteiger charge is -2.36. The standard InChI is InChI=1S/C24H16ClF6NO5S/c25-22-17(9-14(26)10-18(22)27)12-6-19(28)23-20(7-12)32(11-15(37-23)4-5-21(33)34)38(35,36)16-3-1-2-13(8-16)24(29,30)31/h1-3,6-10,15H,4-5,11H2,(H,33,34)/t15-/m0/s1. The zero-order valence-corrected chi connectivity index (χ0v) is 20.5. The molecule has 3 aromatic carbocycles. The van der Waals surface area contributed by atoms with Crippen molar-refractivity contribution in [2.75, 3.05) is 10.8 Å². The van der Waals surface area contributed by atoms with Crippen LogP contribution in [0.15, 0.2) is 53.4 Å². The van der Waals surface area contributed by atoms with Crippen molar-refractivity contribution in [2.45, 2.75) is 30.0 Å². The maximum atomic E-state index is 15.3. The van der Waals surface area contributed by atoms with E-state index >= 15 is 4.39 Å². The molecule has 0 spiro atoms. The molecule has 1 aliphatic heterocycles. The van der Waals surface area contributed by atoms with Crippen LogP contribution in [0.25, 0.3) is 11.1 Å². The summed E-state index contributed by atoms with van der Waals surface area (Å²) in [6.07, 6.45) is -6.79. The number of ether oxygens (including phenoxy) is 1. The van der Waals surface area contributed by atoms with Gasteiger partial charge in [-0.05, 0) is 48.4 Å². The summed E-state index contributed by atoms with van der Waals surface area (Å²) < 4.78 is 116. The highest BCUT2D eigenvalue weighted by Gasteiger charge is 2.38. The number of carboxylic acid groups (broad SMARTS) is 1. The van der Waals surface area contributed by atoms with Crippen molar-refractivity contribution in [3.05, 3.63) is 76.6 Å². The maximum Gasteiger partial charge on any atom is 0.416 e. The van der Waals surface area contributed by atoms with E-state index in [0.29, 0.717) is 22.5 Å². The molecule has 38 heavy (non-hydrogen) atoms. The number of halogens is 7. The Labute approximate surface area is 217 Å². The van der Waals surface area contributed by atoms with Crippen LogP contribution in [-0.2, 0) is 21.0 Å². The average molecular weight is 580 g/mol. The van der Waals surface area contributed by atoms with Gasteiger partial charge in [-0.3, -0.25) is 9.10 Å². The van der Waals surface area contributed by atoms with E-state index in [1.807, 2.05) is 0 Å². The number of hydrogen-bond donors (Lipinski definition) is 1. The van der Waals surface area contributed by atoms with Crippen molar-refractivity contribution in [3.63, 3.8) is 0 Å². The zero-order valence-electron chi connectivity index (χ0n) is 18.9. The van der Waals surface area contributed by atoms with Crippen LogP contribution < -0.4 is 9.04 Å². The molecule has 4 rings (SSSR count). The average Bonchev–Trinajstić information content (AvgIpc) is 2.84. The van der Waals surface area contributed by atoms with Crippen molar-refractivity contribution >= 4 is 33.3 Å². The van der Waals surface area contributed by atoms with E-state index in [0.717, 1.165) is 30.3 Å². The summed E-state index contributed by atoms with van der Waals surface area (Å²) >= 11 is 5.92. The predicted octanol–water partition coefficient (Wildman–Crippen LogP) is 6.26. The summed E-state index contributed by atoms with van der Waals surface area (Å²) in [5, 5.41) is 8.41. The van der Waals surface area contributed by atoms with E-state index < -0.39 is 85.6 Å². The summed E-state index contributed by atoms with van der Waals surface area (Å²) in [5.41, 5.74) is -2.31. The molecular formula is C24H16ClF6NO5S. The lowest BCUT2D eigenvalue weighted by molar-refractivity contribution is -0.138. The molecule has 14 heteroatoms. The molecule has 202 valence electrons. The number of alkyl halides is 3. The normalized spacial score (nSPS) is 15.7. The Bertz CT molecular complexity index is 1530. The minimum atomic E-state index is -4.87. The highest BCUT2D eigenvalue weighted by atomic mass is 35.5. The van der Waals surface area contributed by atoms with Gasteiger partial charge in [0.15, 0.2) is 11.6 Å². The second-order valence-corrected chi connectivity index (χ2v) is 10.5. The van der Waals surface area contributed by atoms with Gasteiger partial charge < -0.3 is 9.84 Å². The third-order valence-corrected chi connectivity index (χ3v) is 7.84. The van der Waals surface area contributed by atoms with E-state index in [-0.39, 0.29) is 17.5 Å². The van der Waals surface area contributed by atoms with Gasteiger partial charge in [0, 0.05) is 18.1 Å². The fourth-order valence-electron chi connectivity index (χ4n) is 3.91. The fraction of sp³-hybridized carbons (Fsp3) is 0.208. The van der Waals surface area contributed by atoms with E-state index in [9.17, 15) is 35.2 Å². The first-order chi connectivity index (χ1) is 17.7. The van der Waals surface area contributed by atoms with Gasteiger partial charge in [-0.2, -0.15) is 13.2 Å². The number of hydrogen-bond acceptors (Lipinski definition) is 4. The van der Waals surface area contributed by atoms with E-state index in [4.69, 9.17) is 21.4 Å². The van der Waals surface area contributed by atoms with Gasteiger partial charge in [-0.1, -0.05) is 17.7 Å². The van der Waals surface area contributed by atoms with Crippen LogP contribution in [0.1, 0.15) is 18.4 Å². The molecule has 1 atom stereocenters. The number of carbonyl (C=O) groups is 1. The molecule has 1 N–H and O–H groups in total. The molecule has 0 radical (unpaired) electrons. The van der Waals surface area contributed by atoms with Gasteiger partial charge in [-0.25, -0.2) is 21.6 Å². The molecule has 0 saturated carbocycles. The third kappa shape index (κ3) is 5.39. The highest BCUT2D eigenvalue weighted by Crippen LogP contribution is 2.44. The van der Waals surface area contributed by atoms with E-state index in [1.165, 1.54) is 0 Å². The van der Waals surface area contributed by atoms with Gasteiger partial charge in [0.05, 0.1) is 27.7 Å². The van der Waals surface area contributed by atoms with Crippen LogP contribution in [0.5, 0.6) is 5.75 Å². The van der Waals surface area contributed by atoms with Crippen LogP contribution >= 0.6 is 11.6 Å². The predicted molar refractivity (Wildman–Crippen MR) is 124 cm³/mol. The molecule has 0 saturated heterocycles. The number of anilines is 1. The monoisotopic (exact) mass is 579 g/mol. The van der Waals surface area contributed by atoms with Crippen molar-refractivity contribution in [1.29, 1.82) is 0 Å². The summed E-state index contributed by atoms with van der Waals surface area (Å²) in [6.45, 7) is -0.590. The van der Waals surface area contributed by atoms with Crippen molar-refractivity contribution in [1.82, 2.24) is 0 Å². The van der Waals surface area contributed by atoms with Gasteiger partial charge in [0.25, 0.3) is 10.0 Å². The number of nitrogens with zero attached hydrogens (tertiary/aromatic N) is 1. The van der Waals surface area contributed by atoms with Crippen molar-refractivity contribution in [3.8, 4) is 16.9 Å². The number of carboxylic acids is 1. The van der Waals surface area contributed by atoms with Gasteiger partial charge in [0.1, 0.15) is 17.7 Å². The lowest BCUT2D eigenvalue weighted by Crippen LogP contribution is -2.44. The van der Waals surface area contributed by atoms with Gasteiger partial charge in [0.2, 0.25) is 0 Å². The Morgan fingerprint density at radius 3 is 2.45 bits per heavy atom. The van der Waals surface area contributed by atoms with Gasteiger partial charge in [-0.15, -0.1) is 0 Å². The lowest BCUT2D eigenvalue weighted by atomic mass is 10.0.